The van der Waals surface area contributed by atoms with Crippen LogP contribution in [-0.4, -0.2) is 22.4 Å². The molecule has 31 heavy (non-hydrogen) atoms. The number of anilines is 1. The minimum atomic E-state index is -4.81. The molecular formula is C22H20F3N4O2. The average molecular weight is 429 g/mol. The third-order valence-corrected chi connectivity index (χ3v) is 4.87. The standard InChI is InChI=1S/C22H20F3N4O2/c1-2-21(27,14-7-4-3-5-8-14)13-31-17-11-10-16(22(23,24)25)18(29-17)19(30)15-9-6-12-28-20(15)26/h3-12,27H,2,13H2,1H3,(H2,26,28). The van der Waals surface area contributed by atoms with Gasteiger partial charge in [-0.1, -0.05) is 37.3 Å². The highest BCUT2D eigenvalue weighted by atomic mass is 19.4. The summed E-state index contributed by atoms with van der Waals surface area (Å²) in [5, 5.41) is 0. The van der Waals surface area contributed by atoms with Crippen molar-refractivity contribution in [1.82, 2.24) is 15.7 Å². The summed E-state index contributed by atoms with van der Waals surface area (Å²) in [6.45, 7) is 1.65. The van der Waals surface area contributed by atoms with E-state index in [1.807, 2.05) is 13.0 Å². The predicted molar refractivity (Wildman–Crippen MR) is 108 cm³/mol. The van der Waals surface area contributed by atoms with Crippen LogP contribution >= 0.6 is 0 Å². The number of nitrogens with zero attached hydrogens (tertiary/aromatic N) is 2. The molecule has 0 saturated carbocycles. The van der Waals surface area contributed by atoms with Crippen LogP contribution in [0.5, 0.6) is 5.88 Å². The number of nitrogen functional groups attached to an aromatic ring is 1. The molecule has 0 aliphatic carbocycles. The number of hydrogen-bond acceptors (Lipinski definition) is 5. The number of ketones is 1. The van der Waals surface area contributed by atoms with E-state index in [1.165, 1.54) is 18.3 Å². The lowest BCUT2D eigenvalue weighted by molar-refractivity contribution is -0.138. The van der Waals surface area contributed by atoms with Crippen molar-refractivity contribution in [2.45, 2.75) is 25.1 Å². The number of benzene rings is 1. The zero-order valence-electron chi connectivity index (χ0n) is 16.6. The molecule has 161 valence electrons. The molecule has 0 fully saturated rings. The Balaban J connectivity index is 1.95. The van der Waals surface area contributed by atoms with Gasteiger partial charge >= 0.3 is 6.18 Å². The highest BCUT2D eigenvalue weighted by molar-refractivity contribution is 6.11. The molecule has 0 bridgehead atoms. The molecule has 2 aromatic heterocycles. The number of aromatic nitrogens is 2. The fourth-order valence-electron chi connectivity index (χ4n) is 3.00. The van der Waals surface area contributed by atoms with Gasteiger partial charge in [-0.2, -0.15) is 13.2 Å². The molecular weight excluding hydrogens is 409 g/mol. The molecule has 9 heteroatoms. The van der Waals surface area contributed by atoms with Crippen LogP contribution in [0.3, 0.4) is 0 Å². The van der Waals surface area contributed by atoms with Crippen molar-refractivity contribution in [1.29, 1.82) is 0 Å². The molecule has 0 aliphatic rings. The summed E-state index contributed by atoms with van der Waals surface area (Å²) in [6.07, 6.45) is -3.08. The van der Waals surface area contributed by atoms with Crippen LogP contribution in [0.2, 0.25) is 0 Å². The number of carbonyl (C=O) groups excluding carboxylic acids is 1. The van der Waals surface area contributed by atoms with Crippen LogP contribution in [0.4, 0.5) is 19.0 Å². The Morgan fingerprint density at radius 2 is 1.81 bits per heavy atom. The molecule has 3 rings (SSSR count). The van der Waals surface area contributed by atoms with Gasteiger partial charge in [0, 0.05) is 12.3 Å². The monoisotopic (exact) mass is 429 g/mol. The number of ether oxygens (including phenoxy) is 1. The minimum absolute atomic E-state index is 0.158. The van der Waals surface area contributed by atoms with Gasteiger partial charge in [-0.05, 0) is 30.2 Å². The third kappa shape index (κ3) is 4.83. The Morgan fingerprint density at radius 1 is 1.10 bits per heavy atom. The van der Waals surface area contributed by atoms with E-state index in [0.717, 1.165) is 12.1 Å². The first kappa shape index (κ1) is 22.2. The summed E-state index contributed by atoms with van der Waals surface area (Å²) in [4.78, 5) is 20.4. The minimum Gasteiger partial charge on any atom is -0.475 e. The molecule has 0 saturated heterocycles. The SMILES string of the molecule is CCC([NH])(COc1ccc(C(F)(F)F)c(C(=O)c2cccnc2N)n1)c1ccccc1. The maximum atomic E-state index is 13.5. The van der Waals surface area contributed by atoms with E-state index in [4.69, 9.17) is 16.2 Å². The molecule has 1 radical (unpaired) electrons. The Labute approximate surface area is 177 Å². The first-order chi connectivity index (χ1) is 14.7. The van der Waals surface area contributed by atoms with Crippen molar-refractivity contribution in [3.63, 3.8) is 0 Å². The molecule has 6 nitrogen and oxygen atoms in total. The zero-order chi connectivity index (χ0) is 22.6. The van der Waals surface area contributed by atoms with Gasteiger partial charge in [0.2, 0.25) is 11.7 Å². The Kier molecular flexibility index (Phi) is 6.26. The van der Waals surface area contributed by atoms with Gasteiger partial charge in [0.05, 0.1) is 16.7 Å². The smallest absolute Gasteiger partial charge is 0.418 e. The second-order valence-corrected chi connectivity index (χ2v) is 6.90. The quantitative estimate of drug-likeness (QED) is 0.565. The van der Waals surface area contributed by atoms with Gasteiger partial charge < -0.3 is 10.5 Å². The van der Waals surface area contributed by atoms with Gasteiger partial charge in [0.1, 0.15) is 18.1 Å². The molecule has 0 amide bonds. The molecule has 3 aromatic rings. The van der Waals surface area contributed by atoms with E-state index >= 15 is 0 Å². The molecule has 0 spiro atoms. The molecule has 1 atom stereocenters. The number of alkyl halides is 3. The summed E-state index contributed by atoms with van der Waals surface area (Å²) >= 11 is 0. The number of hydrogen-bond donors (Lipinski definition) is 1. The number of halogens is 3. The van der Waals surface area contributed by atoms with E-state index in [1.54, 1.807) is 24.3 Å². The van der Waals surface area contributed by atoms with Crippen molar-refractivity contribution < 1.29 is 22.7 Å². The van der Waals surface area contributed by atoms with Crippen LogP contribution in [0, 0.1) is 0 Å². The summed E-state index contributed by atoms with van der Waals surface area (Å²) in [6, 6.07) is 13.4. The van der Waals surface area contributed by atoms with Gasteiger partial charge in [0.15, 0.2) is 0 Å². The van der Waals surface area contributed by atoms with Crippen LogP contribution in [0.1, 0.15) is 40.5 Å². The normalized spacial score (nSPS) is 13.5. The zero-order valence-corrected chi connectivity index (χ0v) is 16.6. The predicted octanol–water partition coefficient (Wildman–Crippen LogP) is 4.28. The van der Waals surface area contributed by atoms with Gasteiger partial charge in [0.25, 0.3) is 0 Å². The number of nitrogens with one attached hydrogen (secondary N) is 1. The van der Waals surface area contributed by atoms with E-state index in [2.05, 4.69) is 9.97 Å². The van der Waals surface area contributed by atoms with Crippen LogP contribution in [0.15, 0.2) is 60.8 Å². The van der Waals surface area contributed by atoms with Crippen molar-refractivity contribution in [2.24, 2.45) is 0 Å². The highest BCUT2D eigenvalue weighted by Gasteiger charge is 2.37. The first-order valence-electron chi connectivity index (χ1n) is 9.42. The third-order valence-electron chi connectivity index (χ3n) is 4.87. The van der Waals surface area contributed by atoms with Crippen molar-refractivity contribution in [3.8, 4) is 5.88 Å². The number of pyridine rings is 2. The lowest BCUT2D eigenvalue weighted by Gasteiger charge is -2.27. The molecule has 1 unspecified atom stereocenters. The van der Waals surface area contributed by atoms with E-state index in [-0.39, 0.29) is 23.9 Å². The molecule has 2 heterocycles. The second-order valence-electron chi connectivity index (χ2n) is 6.90. The average Bonchev–Trinajstić information content (AvgIpc) is 2.77. The number of carbonyl (C=O) groups is 1. The van der Waals surface area contributed by atoms with Gasteiger partial charge in [-0.15, -0.1) is 0 Å². The highest BCUT2D eigenvalue weighted by Crippen LogP contribution is 2.34. The van der Waals surface area contributed by atoms with Crippen LogP contribution in [-0.2, 0) is 11.7 Å². The maximum absolute atomic E-state index is 13.5. The molecule has 0 aliphatic heterocycles. The summed E-state index contributed by atoms with van der Waals surface area (Å²) < 4.78 is 46.1. The summed E-state index contributed by atoms with van der Waals surface area (Å²) in [5.74, 6) is -1.41. The van der Waals surface area contributed by atoms with E-state index < -0.39 is 28.8 Å². The fraction of sp³-hybridized carbons (Fsp3) is 0.227. The Bertz CT molecular complexity index is 1070. The van der Waals surface area contributed by atoms with Crippen molar-refractivity contribution in [3.05, 3.63) is 83.2 Å². The topological polar surface area (TPSA) is 102 Å². The van der Waals surface area contributed by atoms with Crippen LogP contribution in [0.25, 0.3) is 0 Å². The molecule has 3 N–H and O–H groups in total. The van der Waals surface area contributed by atoms with Crippen LogP contribution < -0.4 is 16.2 Å². The fourth-order valence-corrected chi connectivity index (χ4v) is 3.00. The number of nitrogens with two attached hydrogens (primary N) is 1. The second kappa shape index (κ2) is 8.73. The number of rotatable bonds is 7. The Hall–Kier alpha value is -3.46. The summed E-state index contributed by atoms with van der Waals surface area (Å²) in [7, 11) is 0. The first-order valence-corrected chi connectivity index (χ1v) is 9.42. The van der Waals surface area contributed by atoms with E-state index in [0.29, 0.717) is 12.0 Å². The largest absolute Gasteiger partial charge is 0.475 e. The van der Waals surface area contributed by atoms with E-state index in [9.17, 15) is 18.0 Å². The van der Waals surface area contributed by atoms with Crippen molar-refractivity contribution >= 4 is 11.6 Å². The summed E-state index contributed by atoms with van der Waals surface area (Å²) in [5.41, 5.74) is 11.7. The Morgan fingerprint density at radius 3 is 2.42 bits per heavy atom. The van der Waals surface area contributed by atoms with Gasteiger partial charge in [-0.25, -0.2) is 15.7 Å². The van der Waals surface area contributed by atoms with Gasteiger partial charge in [-0.3, -0.25) is 4.79 Å². The molecule has 1 aromatic carbocycles. The lowest BCUT2D eigenvalue weighted by Crippen LogP contribution is -2.34. The maximum Gasteiger partial charge on any atom is 0.418 e. The van der Waals surface area contributed by atoms with Crippen molar-refractivity contribution in [2.75, 3.05) is 12.3 Å². The lowest BCUT2D eigenvalue weighted by atomic mass is 9.89.